The Morgan fingerprint density at radius 3 is 2.47 bits per heavy atom. The molecule has 0 amide bonds. The zero-order valence-corrected chi connectivity index (χ0v) is 11.5. The lowest BCUT2D eigenvalue weighted by Gasteiger charge is -2.18. The summed E-state index contributed by atoms with van der Waals surface area (Å²) in [7, 11) is 3.21. The molecule has 1 N–H and O–H groups in total. The van der Waals surface area contributed by atoms with Gasteiger partial charge >= 0.3 is 0 Å². The van der Waals surface area contributed by atoms with E-state index in [-0.39, 0.29) is 6.04 Å². The Hall–Kier alpha value is -1.73. The van der Waals surface area contributed by atoms with Crippen molar-refractivity contribution in [2.45, 2.75) is 37.8 Å². The number of rotatable bonds is 5. The molecule has 4 nitrogen and oxygen atoms in total. The van der Waals surface area contributed by atoms with Crippen LogP contribution in [0.25, 0.3) is 0 Å². The molecule has 1 atom stereocenters. The van der Waals surface area contributed by atoms with Crippen molar-refractivity contribution in [2.24, 2.45) is 0 Å². The third-order valence-electron chi connectivity index (χ3n) is 3.63. The summed E-state index contributed by atoms with van der Waals surface area (Å²) in [6.45, 7) is 0. The van der Waals surface area contributed by atoms with Crippen LogP contribution in [-0.4, -0.2) is 20.3 Å². The Morgan fingerprint density at radius 2 is 1.89 bits per heavy atom. The van der Waals surface area contributed by atoms with Crippen molar-refractivity contribution in [3.05, 3.63) is 23.8 Å². The molecule has 1 aliphatic rings. The monoisotopic (exact) mass is 260 g/mol. The van der Waals surface area contributed by atoms with Crippen LogP contribution in [0.15, 0.2) is 18.2 Å². The van der Waals surface area contributed by atoms with E-state index in [9.17, 15) is 5.26 Å². The molecule has 1 saturated carbocycles. The predicted octanol–water partition coefficient (Wildman–Crippen LogP) is 2.80. The first kappa shape index (κ1) is 13.7. The molecule has 1 unspecified atom stereocenters. The van der Waals surface area contributed by atoms with Gasteiger partial charge in [-0.2, -0.15) is 5.26 Å². The van der Waals surface area contributed by atoms with Crippen molar-refractivity contribution in [3.8, 4) is 17.6 Å². The number of ether oxygens (including phenoxy) is 2. The van der Waals surface area contributed by atoms with Crippen LogP contribution < -0.4 is 14.8 Å². The van der Waals surface area contributed by atoms with Crippen LogP contribution in [0.3, 0.4) is 0 Å². The normalized spacial score (nSPS) is 16.9. The van der Waals surface area contributed by atoms with Crippen molar-refractivity contribution < 1.29 is 9.47 Å². The van der Waals surface area contributed by atoms with E-state index >= 15 is 0 Å². The minimum Gasteiger partial charge on any atom is -0.493 e. The number of hydrogen-bond acceptors (Lipinski definition) is 4. The van der Waals surface area contributed by atoms with Gasteiger partial charge in [-0.25, -0.2) is 0 Å². The van der Waals surface area contributed by atoms with Gasteiger partial charge in [-0.1, -0.05) is 18.9 Å². The molecule has 0 bridgehead atoms. The second-order valence-electron chi connectivity index (χ2n) is 4.82. The smallest absolute Gasteiger partial charge is 0.161 e. The Balaban J connectivity index is 2.15. The van der Waals surface area contributed by atoms with E-state index in [1.165, 1.54) is 12.8 Å². The molecule has 102 valence electrons. The second-order valence-corrected chi connectivity index (χ2v) is 4.82. The van der Waals surface area contributed by atoms with Gasteiger partial charge in [0.05, 0.1) is 20.3 Å². The van der Waals surface area contributed by atoms with Gasteiger partial charge in [0.15, 0.2) is 11.5 Å². The fourth-order valence-electron chi connectivity index (χ4n) is 2.57. The molecule has 4 heteroatoms. The van der Waals surface area contributed by atoms with Crippen LogP contribution in [-0.2, 0) is 0 Å². The fraction of sp³-hybridized carbons (Fsp3) is 0.533. The summed E-state index contributed by atoms with van der Waals surface area (Å²) in [6, 6.07) is 8.12. The lowest BCUT2D eigenvalue weighted by atomic mass is 10.1. The van der Waals surface area contributed by atoms with Gasteiger partial charge < -0.3 is 9.47 Å². The van der Waals surface area contributed by atoms with E-state index < -0.39 is 0 Å². The largest absolute Gasteiger partial charge is 0.493 e. The molecule has 2 rings (SSSR count). The zero-order valence-electron chi connectivity index (χ0n) is 11.5. The Labute approximate surface area is 114 Å². The average Bonchev–Trinajstić information content (AvgIpc) is 2.97. The molecule has 0 heterocycles. The Morgan fingerprint density at radius 1 is 1.21 bits per heavy atom. The number of benzene rings is 1. The molecule has 1 aromatic carbocycles. The molecule has 1 aromatic rings. The Kier molecular flexibility index (Phi) is 4.64. The standard InChI is InChI=1S/C15H20N2O2/c1-18-14-8-7-11(9-15(14)19-2)13(10-16)17-12-5-3-4-6-12/h7-9,12-13,17H,3-6H2,1-2H3. The van der Waals surface area contributed by atoms with Gasteiger partial charge in [-0.3, -0.25) is 5.32 Å². The molecular formula is C15H20N2O2. The van der Waals surface area contributed by atoms with E-state index in [0.717, 1.165) is 18.4 Å². The average molecular weight is 260 g/mol. The number of nitrogens with one attached hydrogen (secondary N) is 1. The van der Waals surface area contributed by atoms with Gasteiger partial charge in [0.25, 0.3) is 0 Å². The van der Waals surface area contributed by atoms with E-state index in [2.05, 4.69) is 11.4 Å². The first-order chi connectivity index (χ1) is 9.28. The molecule has 19 heavy (non-hydrogen) atoms. The van der Waals surface area contributed by atoms with Gasteiger partial charge in [-0.15, -0.1) is 0 Å². The van der Waals surface area contributed by atoms with E-state index in [4.69, 9.17) is 9.47 Å². The molecule has 1 fully saturated rings. The maximum absolute atomic E-state index is 9.35. The van der Waals surface area contributed by atoms with Gasteiger partial charge in [0.1, 0.15) is 6.04 Å². The third kappa shape index (κ3) is 3.18. The highest BCUT2D eigenvalue weighted by Crippen LogP contribution is 2.30. The number of nitriles is 1. The fourth-order valence-corrected chi connectivity index (χ4v) is 2.57. The van der Waals surface area contributed by atoms with Crippen LogP contribution in [0.4, 0.5) is 0 Å². The quantitative estimate of drug-likeness (QED) is 0.884. The van der Waals surface area contributed by atoms with E-state index in [1.807, 2.05) is 18.2 Å². The summed E-state index contributed by atoms with van der Waals surface area (Å²) < 4.78 is 10.5. The summed E-state index contributed by atoms with van der Waals surface area (Å²) in [6.07, 6.45) is 4.82. The lowest BCUT2D eigenvalue weighted by Crippen LogP contribution is -2.29. The summed E-state index contributed by atoms with van der Waals surface area (Å²) in [5, 5.41) is 12.8. The highest BCUT2D eigenvalue weighted by Gasteiger charge is 2.20. The van der Waals surface area contributed by atoms with Crippen molar-refractivity contribution in [1.29, 1.82) is 5.26 Å². The molecule has 0 saturated heterocycles. The van der Waals surface area contributed by atoms with Crippen LogP contribution in [0, 0.1) is 11.3 Å². The summed E-state index contributed by atoms with van der Waals surface area (Å²) in [5.74, 6) is 1.34. The minimum absolute atomic E-state index is 0.289. The Bertz CT molecular complexity index is 462. The summed E-state index contributed by atoms with van der Waals surface area (Å²) in [4.78, 5) is 0. The second kappa shape index (κ2) is 6.44. The van der Waals surface area contributed by atoms with Crippen LogP contribution in [0.2, 0.25) is 0 Å². The van der Waals surface area contributed by atoms with E-state index in [1.54, 1.807) is 14.2 Å². The highest BCUT2D eigenvalue weighted by atomic mass is 16.5. The first-order valence-corrected chi connectivity index (χ1v) is 6.66. The maximum Gasteiger partial charge on any atom is 0.161 e. The van der Waals surface area contributed by atoms with Crippen LogP contribution in [0.1, 0.15) is 37.3 Å². The minimum atomic E-state index is -0.289. The van der Waals surface area contributed by atoms with Crippen LogP contribution >= 0.6 is 0 Å². The summed E-state index contributed by atoms with van der Waals surface area (Å²) >= 11 is 0. The van der Waals surface area contributed by atoms with Gasteiger partial charge in [0, 0.05) is 6.04 Å². The maximum atomic E-state index is 9.35. The highest BCUT2D eigenvalue weighted by molar-refractivity contribution is 5.44. The van der Waals surface area contributed by atoms with Crippen molar-refractivity contribution in [1.82, 2.24) is 5.32 Å². The first-order valence-electron chi connectivity index (χ1n) is 6.66. The summed E-state index contributed by atoms with van der Waals surface area (Å²) in [5.41, 5.74) is 0.923. The molecule has 1 aliphatic carbocycles. The predicted molar refractivity (Wildman–Crippen MR) is 73.3 cm³/mol. The molecular weight excluding hydrogens is 240 g/mol. The lowest BCUT2D eigenvalue weighted by molar-refractivity contribution is 0.354. The molecule has 0 radical (unpaired) electrons. The van der Waals surface area contributed by atoms with Crippen molar-refractivity contribution >= 4 is 0 Å². The van der Waals surface area contributed by atoms with Crippen molar-refractivity contribution in [2.75, 3.05) is 14.2 Å². The number of nitrogens with zero attached hydrogens (tertiary/aromatic N) is 1. The zero-order chi connectivity index (χ0) is 13.7. The van der Waals surface area contributed by atoms with Crippen molar-refractivity contribution in [3.63, 3.8) is 0 Å². The SMILES string of the molecule is COc1ccc(C(C#N)NC2CCCC2)cc1OC. The molecule has 0 aromatic heterocycles. The topological polar surface area (TPSA) is 54.3 Å². The van der Waals surface area contributed by atoms with Gasteiger partial charge in [-0.05, 0) is 30.5 Å². The van der Waals surface area contributed by atoms with Gasteiger partial charge in [0.2, 0.25) is 0 Å². The van der Waals surface area contributed by atoms with E-state index in [0.29, 0.717) is 17.5 Å². The molecule has 0 spiro atoms. The van der Waals surface area contributed by atoms with Crippen LogP contribution in [0.5, 0.6) is 11.5 Å². The number of methoxy groups -OCH3 is 2. The number of hydrogen-bond donors (Lipinski definition) is 1. The molecule has 0 aliphatic heterocycles. The third-order valence-corrected chi connectivity index (χ3v) is 3.63.